The van der Waals surface area contributed by atoms with Crippen LogP contribution >= 0.6 is 0 Å². The SMILES string of the molecule is CCOC(=O)/C(=C/c1cccc([N+](=O)[O-])c1)C(=O)COC(C)=O. The van der Waals surface area contributed by atoms with Gasteiger partial charge in [0.25, 0.3) is 5.69 Å². The molecule has 0 N–H and O–H groups in total. The molecule has 8 nitrogen and oxygen atoms in total. The molecule has 23 heavy (non-hydrogen) atoms. The molecule has 0 aromatic heterocycles. The fraction of sp³-hybridized carbons (Fsp3) is 0.267. The van der Waals surface area contributed by atoms with Crippen molar-refractivity contribution >= 4 is 29.5 Å². The minimum atomic E-state index is -0.892. The summed E-state index contributed by atoms with van der Waals surface area (Å²) in [4.78, 5) is 44.8. The van der Waals surface area contributed by atoms with Gasteiger partial charge in [-0.2, -0.15) is 0 Å². The van der Waals surface area contributed by atoms with Gasteiger partial charge in [0, 0.05) is 19.1 Å². The predicted molar refractivity (Wildman–Crippen MR) is 79.3 cm³/mol. The van der Waals surface area contributed by atoms with E-state index < -0.39 is 29.3 Å². The topological polar surface area (TPSA) is 113 Å². The number of hydrogen-bond donors (Lipinski definition) is 0. The van der Waals surface area contributed by atoms with Crippen molar-refractivity contribution in [1.82, 2.24) is 0 Å². The lowest BCUT2D eigenvalue weighted by atomic mass is 10.1. The summed E-state index contributed by atoms with van der Waals surface area (Å²) in [5.74, 6) is -2.32. The van der Waals surface area contributed by atoms with Crippen LogP contribution in [0.15, 0.2) is 29.8 Å². The van der Waals surface area contributed by atoms with Crippen molar-refractivity contribution in [2.45, 2.75) is 13.8 Å². The number of nitro benzene ring substituents is 1. The monoisotopic (exact) mass is 321 g/mol. The number of hydrogen-bond acceptors (Lipinski definition) is 7. The molecule has 0 aliphatic carbocycles. The number of non-ortho nitro benzene ring substituents is 1. The van der Waals surface area contributed by atoms with Crippen LogP contribution in [-0.4, -0.2) is 35.9 Å². The first-order chi connectivity index (χ1) is 10.8. The summed E-state index contributed by atoms with van der Waals surface area (Å²) in [5, 5.41) is 10.8. The van der Waals surface area contributed by atoms with Gasteiger partial charge < -0.3 is 9.47 Å². The Hall–Kier alpha value is -3.03. The third kappa shape index (κ3) is 5.70. The number of ether oxygens (including phenoxy) is 2. The Balaban J connectivity index is 3.14. The van der Waals surface area contributed by atoms with E-state index in [-0.39, 0.29) is 23.4 Å². The summed E-state index contributed by atoms with van der Waals surface area (Å²) in [6.45, 7) is 2.13. The lowest BCUT2D eigenvalue weighted by Gasteiger charge is -2.07. The predicted octanol–water partition coefficient (Wildman–Crippen LogP) is 1.67. The van der Waals surface area contributed by atoms with E-state index in [9.17, 15) is 24.5 Å². The molecule has 0 atom stereocenters. The molecule has 1 rings (SSSR count). The van der Waals surface area contributed by atoms with Crippen molar-refractivity contribution in [3.63, 3.8) is 0 Å². The van der Waals surface area contributed by atoms with Crippen LogP contribution in [0.2, 0.25) is 0 Å². The second-order valence-corrected chi connectivity index (χ2v) is 4.33. The first kappa shape index (κ1) is 18.0. The Morgan fingerprint density at radius 3 is 2.52 bits per heavy atom. The average Bonchev–Trinajstić information content (AvgIpc) is 2.50. The molecule has 0 unspecified atom stereocenters. The minimum Gasteiger partial charge on any atom is -0.462 e. The van der Waals surface area contributed by atoms with E-state index in [2.05, 4.69) is 4.74 Å². The molecule has 0 fully saturated rings. The summed E-state index contributed by atoms with van der Waals surface area (Å²) in [6.07, 6.45) is 1.16. The zero-order chi connectivity index (χ0) is 17.4. The molecule has 0 spiro atoms. The highest BCUT2D eigenvalue weighted by atomic mass is 16.6. The third-order valence-electron chi connectivity index (χ3n) is 2.59. The van der Waals surface area contributed by atoms with Crippen molar-refractivity contribution in [3.05, 3.63) is 45.5 Å². The molecule has 0 radical (unpaired) electrons. The fourth-order valence-electron chi connectivity index (χ4n) is 1.60. The van der Waals surface area contributed by atoms with Crippen molar-refractivity contribution < 1.29 is 28.8 Å². The number of rotatable bonds is 7. The van der Waals surface area contributed by atoms with Gasteiger partial charge >= 0.3 is 11.9 Å². The van der Waals surface area contributed by atoms with Crippen LogP contribution in [0.25, 0.3) is 6.08 Å². The van der Waals surface area contributed by atoms with Crippen molar-refractivity contribution in [1.29, 1.82) is 0 Å². The Morgan fingerprint density at radius 2 is 1.96 bits per heavy atom. The first-order valence-corrected chi connectivity index (χ1v) is 6.65. The van der Waals surface area contributed by atoms with Crippen molar-refractivity contribution in [2.24, 2.45) is 0 Å². The number of ketones is 1. The molecule has 1 aromatic rings. The smallest absolute Gasteiger partial charge is 0.341 e. The number of benzene rings is 1. The molecule has 0 bridgehead atoms. The zero-order valence-corrected chi connectivity index (χ0v) is 12.6. The molecular weight excluding hydrogens is 306 g/mol. The maximum atomic E-state index is 12.0. The molecular formula is C15H15NO7. The molecule has 0 amide bonds. The zero-order valence-electron chi connectivity index (χ0n) is 12.6. The Morgan fingerprint density at radius 1 is 1.26 bits per heavy atom. The van der Waals surface area contributed by atoms with Crippen LogP contribution in [-0.2, 0) is 23.9 Å². The number of carbonyl (C=O) groups is 3. The van der Waals surface area contributed by atoms with Crippen LogP contribution in [0.3, 0.4) is 0 Å². The highest BCUT2D eigenvalue weighted by Gasteiger charge is 2.21. The highest BCUT2D eigenvalue weighted by molar-refractivity contribution is 6.21. The lowest BCUT2D eigenvalue weighted by Crippen LogP contribution is -2.21. The van der Waals surface area contributed by atoms with Gasteiger partial charge in [0.1, 0.15) is 5.57 Å². The van der Waals surface area contributed by atoms with Crippen LogP contribution in [0.1, 0.15) is 19.4 Å². The number of nitro groups is 1. The maximum Gasteiger partial charge on any atom is 0.341 e. The normalized spacial score (nSPS) is 10.8. The summed E-state index contributed by atoms with van der Waals surface area (Å²) in [7, 11) is 0. The van der Waals surface area contributed by atoms with E-state index in [1.807, 2.05) is 0 Å². The first-order valence-electron chi connectivity index (χ1n) is 6.65. The highest BCUT2D eigenvalue weighted by Crippen LogP contribution is 2.17. The van der Waals surface area contributed by atoms with Crippen molar-refractivity contribution in [3.8, 4) is 0 Å². The van der Waals surface area contributed by atoms with E-state index >= 15 is 0 Å². The molecule has 122 valence electrons. The summed E-state index contributed by atoms with van der Waals surface area (Å²) < 4.78 is 9.35. The Bertz CT molecular complexity index is 664. The van der Waals surface area contributed by atoms with E-state index in [1.54, 1.807) is 6.92 Å². The number of nitrogens with zero attached hydrogens (tertiary/aromatic N) is 1. The molecule has 0 aliphatic heterocycles. The van der Waals surface area contributed by atoms with Gasteiger partial charge in [-0.25, -0.2) is 4.79 Å². The number of carbonyl (C=O) groups excluding carboxylic acids is 3. The van der Waals surface area contributed by atoms with Crippen LogP contribution in [0.5, 0.6) is 0 Å². The van der Waals surface area contributed by atoms with E-state index in [4.69, 9.17) is 4.74 Å². The lowest BCUT2D eigenvalue weighted by molar-refractivity contribution is -0.384. The Labute approximate surface area is 131 Å². The summed E-state index contributed by atoms with van der Waals surface area (Å²) in [6, 6.07) is 5.40. The van der Waals surface area contributed by atoms with Crippen LogP contribution in [0.4, 0.5) is 5.69 Å². The number of esters is 2. The summed E-state index contributed by atoms with van der Waals surface area (Å²) >= 11 is 0. The molecule has 0 aliphatic rings. The van der Waals surface area contributed by atoms with Gasteiger partial charge in [-0.1, -0.05) is 12.1 Å². The Kier molecular flexibility index (Phi) is 6.60. The van der Waals surface area contributed by atoms with Gasteiger partial charge in [-0.3, -0.25) is 19.7 Å². The molecule has 0 heterocycles. The third-order valence-corrected chi connectivity index (χ3v) is 2.59. The quantitative estimate of drug-likeness (QED) is 0.187. The van der Waals surface area contributed by atoms with Gasteiger partial charge in [0.2, 0.25) is 5.78 Å². The van der Waals surface area contributed by atoms with Gasteiger partial charge in [0.15, 0.2) is 6.61 Å². The molecule has 0 saturated heterocycles. The average molecular weight is 321 g/mol. The van der Waals surface area contributed by atoms with Crippen LogP contribution < -0.4 is 0 Å². The van der Waals surface area contributed by atoms with E-state index in [0.717, 1.165) is 13.0 Å². The second-order valence-electron chi connectivity index (χ2n) is 4.33. The van der Waals surface area contributed by atoms with E-state index in [1.165, 1.54) is 24.3 Å². The summed E-state index contributed by atoms with van der Waals surface area (Å²) in [5.41, 5.74) is -0.263. The molecule has 1 aromatic carbocycles. The molecule has 0 saturated carbocycles. The van der Waals surface area contributed by atoms with Gasteiger partial charge in [-0.15, -0.1) is 0 Å². The fourth-order valence-corrected chi connectivity index (χ4v) is 1.60. The van der Waals surface area contributed by atoms with Gasteiger partial charge in [0.05, 0.1) is 11.5 Å². The second kappa shape index (κ2) is 8.42. The van der Waals surface area contributed by atoms with Gasteiger partial charge in [-0.05, 0) is 18.6 Å². The van der Waals surface area contributed by atoms with Crippen LogP contribution in [0, 0.1) is 10.1 Å². The molecule has 8 heteroatoms. The minimum absolute atomic E-state index is 0.0476. The number of Topliss-reactive ketones (excluding diaryl/α,β-unsaturated/α-hetero) is 1. The van der Waals surface area contributed by atoms with E-state index in [0.29, 0.717) is 0 Å². The standard InChI is InChI=1S/C15H15NO7/c1-3-22-15(19)13(14(18)9-23-10(2)17)8-11-5-4-6-12(7-11)16(20)21/h4-8H,3,9H2,1-2H3/b13-8+. The maximum absolute atomic E-state index is 12.0. The largest absolute Gasteiger partial charge is 0.462 e. The van der Waals surface area contributed by atoms with Crippen molar-refractivity contribution in [2.75, 3.05) is 13.2 Å².